The lowest BCUT2D eigenvalue weighted by Crippen LogP contribution is -2.34. The zero-order valence-corrected chi connectivity index (χ0v) is 12.8. The van der Waals surface area contributed by atoms with Crippen LogP contribution in [0.25, 0.3) is 0 Å². The van der Waals surface area contributed by atoms with E-state index in [4.69, 9.17) is 11.6 Å². The lowest BCUT2D eigenvalue weighted by Gasteiger charge is -2.26. The molecule has 0 spiro atoms. The van der Waals surface area contributed by atoms with Gasteiger partial charge < -0.3 is 10.4 Å². The van der Waals surface area contributed by atoms with Crippen LogP contribution in [0, 0.1) is 5.41 Å². The number of rotatable bonds is 5. The first-order valence-corrected chi connectivity index (χ1v) is 7.89. The van der Waals surface area contributed by atoms with Crippen LogP contribution in [0.1, 0.15) is 30.6 Å². The highest BCUT2D eigenvalue weighted by atomic mass is 79.9. The lowest BCUT2D eigenvalue weighted by molar-refractivity contribution is 0.128. The Hall–Kier alpha value is 0.390. The van der Waals surface area contributed by atoms with Gasteiger partial charge in [0, 0.05) is 34.5 Å². The number of hydrogen-bond donors (Lipinski definition) is 2. The van der Waals surface area contributed by atoms with Crippen molar-refractivity contribution in [1.29, 1.82) is 0 Å². The minimum atomic E-state index is 0.123. The monoisotopic (exact) mass is 337 g/mol. The molecule has 1 aliphatic rings. The maximum Gasteiger partial charge on any atom is 0.107 e. The molecule has 0 bridgehead atoms. The molecule has 1 fully saturated rings. The zero-order valence-electron chi connectivity index (χ0n) is 9.64. The van der Waals surface area contributed by atoms with Crippen LogP contribution in [-0.4, -0.2) is 18.3 Å². The number of aliphatic hydroxyl groups is 1. The van der Waals surface area contributed by atoms with Gasteiger partial charge in [-0.25, -0.2) is 0 Å². The van der Waals surface area contributed by atoms with Gasteiger partial charge in [-0.1, -0.05) is 24.4 Å². The second-order valence-electron chi connectivity index (χ2n) is 4.80. The molecular formula is C12H17BrClNOS. The van der Waals surface area contributed by atoms with Gasteiger partial charge in [0.15, 0.2) is 0 Å². The molecule has 0 aliphatic heterocycles. The predicted octanol–water partition coefficient (Wildman–Crippen LogP) is 3.81. The second kappa shape index (κ2) is 6.02. The van der Waals surface area contributed by atoms with Crippen molar-refractivity contribution in [1.82, 2.24) is 5.32 Å². The largest absolute Gasteiger partial charge is 0.396 e. The highest BCUT2D eigenvalue weighted by Gasteiger charge is 2.32. The van der Waals surface area contributed by atoms with E-state index in [-0.39, 0.29) is 5.41 Å². The van der Waals surface area contributed by atoms with E-state index < -0.39 is 0 Å². The van der Waals surface area contributed by atoms with Gasteiger partial charge in [0.05, 0.1) is 0 Å². The Bertz CT molecular complexity index is 357. The average Bonchev–Trinajstić information content (AvgIpc) is 2.89. The normalized spacial score (nSPS) is 18.8. The summed E-state index contributed by atoms with van der Waals surface area (Å²) >= 11 is 11.0. The number of halogens is 2. The van der Waals surface area contributed by atoms with Gasteiger partial charge in [0.2, 0.25) is 0 Å². The van der Waals surface area contributed by atoms with E-state index in [0.717, 1.165) is 34.7 Å². The Labute approximate surface area is 120 Å². The molecule has 0 unspecified atom stereocenters. The highest BCUT2D eigenvalue weighted by molar-refractivity contribution is 9.10. The molecule has 2 N–H and O–H groups in total. The molecule has 2 rings (SSSR count). The van der Waals surface area contributed by atoms with Crippen LogP contribution in [0.2, 0.25) is 4.34 Å². The molecule has 5 heteroatoms. The maximum atomic E-state index is 9.50. The van der Waals surface area contributed by atoms with Gasteiger partial charge in [0.25, 0.3) is 0 Å². The molecule has 0 atom stereocenters. The van der Waals surface area contributed by atoms with Gasteiger partial charge in [-0.05, 0) is 34.8 Å². The fraction of sp³-hybridized carbons (Fsp3) is 0.667. The van der Waals surface area contributed by atoms with Crippen molar-refractivity contribution in [3.05, 3.63) is 19.8 Å². The molecule has 1 aromatic heterocycles. The molecule has 0 saturated heterocycles. The fourth-order valence-corrected chi connectivity index (χ4v) is 4.21. The Morgan fingerprint density at radius 1 is 1.47 bits per heavy atom. The summed E-state index contributed by atoms with van der Waals surface area (Å²) in [4.78, 5) is 1.23. The molecule has 0 aromatic carbocycles. The van der Waals surface area contributed by atoms with Crippen molar-refractivity contribution < 1.29 is 5.11 Å². The van der Waals surface area contributed by atoms with Gasteiger partial charge in [-0.15, -0.1) is 11.3 Å². The van der Waals surface area contributed by atoms with Crippen molar-refractivity contribution in [3.63, 3.8) is 0 Å². The first-order chi connectivity index (χ1) is 8.15. The van der Waals surface area contributed by atoms with Gasteiger partial charge >= 0.3 is 0 Å². The van der Waals surface area contributed by atoms with Crippen molar-refractivity contribution in [2.45, 2.75) is 32.2 Å². The first-order valence-electron chi connectivity index (χ1n) is 5.90. The van der Waals surface area contributed by atoms with Crippen molar-refractivity contribution >= 4 is 38.9 Å². The maximum absolute atomic E-state index is 9.50. The van der Waals surface area contributed by atoms with E-state index in [9.17, 15) is 5.11 Å². The van der Waals surface area contributed by atoms with Gasteiger partial charge in [0.1, 0.15) is 4.34 Å². The molecular weight excluding hydrogens is 322 g/mol. The van der Waals surface area contributed by atoms with E-state index in [0.29, 0.717) is 6.61 Å². The third-order valence-electron chi connectivity index (χ3n) is 3.50. The number of thiophene rings is 1. The molecule has 1 aromatic rings. The minimum Gasteiger partial charge on any atom is -0.396 e. The highest BCUT2D eigenvalue weighted by Crippen LogP contribution is 2.37. The zero-order chi connectivity index (χ0) is 12.3. The standard InChI is InChI=1S/C12H17BrClNOS/c13-10-5-9(17-11(10)14)6-15-7-12(8-16)3-1-2-4-12/h5,15-16H,1-4,6-8H2. The van der Waals surface area contributed by atoms with Crippen LogP contribution in [0.3, 0.4) is 0 Å². The Balaban J connectivity index is 1.82. The number of nitrogens with one attached hydrogen (secondary N) is 1. The summed E-state index contributed by atoms with van der Waals surface area (Å²) in [5.74, 6) is 0. The molecule has 1 aliphatic carbocycles. The molecule has 96 valence electrons. The Morgan fingerprint density at radius 3 is 2.71 bits per heavy atom. The summed E-state index contributed by atoms with van der Waals surface area (Å²) < 4.78 is 1.78. The molecule has 2 nitrogen and oxygen atoms in total. The minimum absolute atomic E-state index is 0.123. The summed E-state index contributed by atoms with van der Waals surface area (Å²) in [5.41, 5.74) is 0.123. The summed E-state index contributed by atoms with van der Waals surface area (Å²) in [6.07, 6.45) is 4.79. The number of hydrogen-bond acceptors (Lipinski definition) is 3. The Kier molecular flexibility index (Phi) is 4.89. The third-order valence-corrected chi connectivity index (χ3v) is 5.97. The average molecular weight is 339 g/mol. The van der Waals surface area contributed by atoms with Crippen LogP contribution in [-0.2, 0) is 6.54 Å². The van der Waals surface area contributed by atoms with E-state index in [1.54, 1.807) is 11.3 Å². The van der Waals surface area contributed by atoms with Crippen LogP contribution in [0.5, 0.6) is 0 Å². The van der Waals surface area contributed by atoms with E-state index in [1.807, 2.05) is 0 Å². The quantitative estimate of drug-likeness (QED) is 0.855. The summed E-state index contributed by atoms with van der Waals surface area (Å²) in [6, 6.07) is 2.06. The van der Waals surface area contributed by atoms with Crippen LogP contribution in [0.4, 0.5) is 0 Å². The molecule has 1 heterocycles. The van der Waals surface area contributed by atoms with E-state index in [2.05, 4.69) is 27.3 Å². The smallest absolute Gasteiger partial charge is 0.107 e. The first kappa shape index (κ1) is 13.8. The predicted molar refractivity (Wildman–Crippen MR) is 76.7 cm³/mol. The van der Waals surface area contributed by atoms with Crippen molar-refractivity contribution in [3.8, 4) is 0 Å². The van der Waals surface area contributed by atoms with Gasteiger partial charge in [-0.2, -0.15) is 0 Å². The third kappa shape index (κ3) is 3.44. The Morgan fingerprint density at radius 2 is 2.18 bits per heavy atom. The molecule has 1 saturated carbocycles. The van der Waals surface area contributed by atoms with E-state index in [1.165, 1.54) is 17.7 Å². The summed E-state index contributed by atoms with van der Waals surface area (Å²) in [5, 5.41) is 12.9. The second-order valence-corrected chi connectivity index (χ2v) is 7.40. The fourth-order valence-electron chi connectivity index (χ4n) is 2.45. The van der Waals surface area contributed by atoms with Crippen LogP contribution in [0.15, 0.2) is 10.5 Å². The van der Waals surface area contributed by atoms with Crippen molar-refractivity contribution in [2.75, 3.05) is 13.2 Å². The molecule has 0 radical (unpaired) electrons. The van der Waals surface area contributed by atoms with Gasteiger partial charge in [-0.3, -0.25) is 0 Å². The lowest BCUT2D eigenvalue weighted by atomic mass is 9.87. The van der Waals surface area contributed by atoms with E-state index >= 15 is 0 Å². The molecule has 0 amide bonds. The van der Waals surface area contributed by atoms with Crippen molar-refractivity contribution in [2.24, 2.45) is 5.41 Å². The summed E-state index contributed by atoms with van der Waals surface area (Å²) in [7, 11) is 0. The summed E-state index contributed by atoms with van der Waals surface area (Å²) in [6.45, 7) is 2.03. The number of aliphatic hydroxyl groups excluding tert-OH is 1. The SMILES string of the molecule is OCC1(CNCc2cc(Br)c(Cl)s2)CCCC1. The topological polar surface area (TPSA) is 32.3 Å². The van der Waals surface area contributed by atoms with Crippen LogP contribution < -0.4 is 5.32 Å². The molecule has 17 heavy (non-hydrogen) atoms. The van der Waals surface area contributed by atoms with Crippen LogP contribution >= 0.6 is 38.9 Å².